The van der Waals surface area contributed by atoms with Crippen molar-refractivity contribution in [3.8, 4) is 0 Å². The van der Waals surface area contributed by atoms with Crippen LogP contribution < -0.4 is 5.32 Å². The molecule has 1 fully saturated rings. The Kier molecular flexibility index (Phi) is 4.24. The number of rotatable bonds is 3. The lowest BCUT2D eigenvalue weighted by atomic mass is 9.80. The zero-order chi connectivity index (χ0) is 14.0. The second-order valence-corrected chi connectivity index (χ2v) is 6.28. The number of nitrogens with one attached hydrogen (secondary N) is 1. The molecule has 0 aromatic heterocycles. The predicted molar refractivity (Wildman–Crippen MR) is 67.4 cm³/mol. The molecule has 104 valence electrons. The summed E-state index contributed by atoms with van der Waals surface area (Å²) in [5.74, 6) is -0.995. The molecule has 0 radical (unpaired) electrons. The Balaban J connectivity index is 2.70. The molecule has 2 N–H and O–H groups in total. The number of carbonyl (C=O) groups excluding carboxylic acids is 1. The Labute approximate surface area is 108 Å². The summed E-state index contributed by atoms with van der Waals surface area (Å²) in [6.45, 7) is 7.16. The van der Waals surface area contributed by atoms with Gasteiger partial charge in [0.1, 0.15) is 11.6 Å². The van der Waals surface area contributed by atoms with Gasteiger partial charge in [0.15, 0.2) is 0 Å². The first-order chi connectivity index (χ1) is 8.14. The number of carbonyl (C=O) groups is 2. The van der Waals surface area contributed by atoms with Crippen LogP contribution >= 0.6 is 0 Å². The highest BCUT2D eigenvalue weighted by molar-refractivity contribution is 5.81. The van der Waals surface area contributed by atoms with Crippen LogP contribution in [-0.2, 0) is 9.53 Å². The third-order valence-corrected chi connectivity index (χ3v) is 3.35. The molecule has 1 aliphatic rings. The van der Waals surface area contributed by atoms with E-state index in [0.717, 1.165) is 25.7 Å². The highest BCUT2D eigenvalue weighted by atomic mass is 16.6. The quantitative estimate of drug-likeness (QED) is 0.814. The van der Waals surface area contributed by atoms with Crippen molar-refractivity contribution in [2.45, 2.75) is 65.0 Å². The normalized spacial score (nSPS) is 20.2. The van der Waals surface area contributed by atoms with Crippen LogP contribution in [0.1, 0.15) is 53.4 Å². The molecular formula is C13H23NO4. The van der Waals surface area contributed by atoms with Gasteiger partial charge >= 0.3 is 12.1 Å². The zero-order valence-electron chi connectivity index (χ0n) is 11.6. The first-order valence-electron chi connectivity index (χ1n) is 6.36. The SMILES string of the molecule is CC(C)(C)OC(=O)N[C@H](C(=O)O)C1(C)CCCC1. The maximum Gasteiger partial charge on any atom is 0.408 e. The first kappa shape index (κ1) is 14.8. The number of amides is 1. The fourth-order valence-electron chi connectivity index (χ4n) is 2.43. The monoisotopic (exact) mass is 257 g/mol. The lowest BCUT2D eigenvalue weighted by Crippen LogP contribution is -2.51. The third kappa shape index (κ3) is 3.89. The predicted octanol–water partition coefficient (Wildman–Crippen LogP) is 2.54. The number of alkyl carbamates (subject to hydrolysis) is 1. The summed E-state index contributed by atoms with van der Waals surface area (Å²) in [7, 11) is 0. The summed E-state index contributed by atoms with van der Waals surface area (Å²) in [4.78, 5) is 23.0. The van der Waals surface area contributed by atoms with Crippen molar-refractivity contribution in [3.05, 3.63) is 0 Å². The van der Waals surface area contributed by atoms with E-state index < -0.39 is 23.7 Å². The van der Waals surface area contributed by atoms with Gasteiger partial charge in [-0.05, 0) is 39.0 Å². The molecule has 5 nitrogen and oxygen atoms in total. The van der Waals surface area contributed by atoms with Crippen molar-refractivity contribution in [3.63, 3.8) is 0 Å². The lowest BCUT2D eigenvalue weighted by Gasteiger charge is -2.32. The van der Waals surface area contributed by atoms with Gasteiger partial charge < -0.3 is 15.2 Å². The molecule has 1 saturated carbocycles. The van der Waals surface area contributed by atoms with Gasteiger partial charge in [-0.15, -0.1) is 0 Å². The van der Waals surface area contributed by atoms with E-state index in [1.165, 1.54) is 0 Å². The minimum Gasteiger partial charge on any atom is -0.480 e. The van der Waals surface area contributed by atoms with Gasteiger partial charge in [0.25, 0.3) is 0 Å². The molecule has 1 aliphatic carbocycles. The molecule has 0 spiro atoms. The summed E-state index contributed by atoms with van der Waals surface area (Å²) in [5, 5.41) is 11.8. The number of hydrogen-bond acceptors (Lipinski definition) is 3. The van der Waals surface area contributed by atoms with Gasteiger partial charge in [0.2, 0.25) is 0 Å². The van der Waals surface area contributed by atoms with Crippen molar-refractivity contribution >= 4 is 12.1 Å². The van der Waals surface area contributed by atoms with E-state index >= 15 is 0 Å². The van der Waals surface area contributed by atoms with Crippen molar-refractivity contribution in [2.75, 3.05) is 0 Å². The number of ether oxygens (including phenoxy) is 1. The van der Waals surface area contributed by atoms with Crippen LogP contribution in [0.4, 0.5) is 4.79 Å². The molecular weight excluding hydrogens is 234 g/mol. The third-order valence-electron chi connectivity index (χ3n) is 3.35. The summed E-state index contributed by atoms with van der Waals surface area (Å²) >= 11 is 0. The molecule has 5 heteroatoms. The van der Waals surface area contributed by atoms with Gasteiger partial charge in [-0.3, -0.25) is 0 Å². The van der Waals surface area contributed by atoms with E-state index in [1.807, 2.05) is 6.92 Å². The summed E-state index contributed by atoms with van der Waals surface area (Å²) in [6, 6.07) is -0.880. The second kappa shape index (κ2) is 5.16. The van der Waals surface area contributed by atoms with E-state index in [9.17, 15) is 14.7 Å². The maximum absolute atomic E-state index is 11.7. The Bertz CT molecular complexity index is 326. The van der Waals surface area contributed by atoms with Gasteiger partial charge in [-0.2, -0.15) is 0 Å². The zero-order valence-corrected chi connectivity index (χ0v) is 11.6. The van der Waals surface area contributed by atoms with Crippen molar-refractivity contribution in [1.29, 1.82) is 0 Å². The fraction of sp³-hybridized carbons (Fsp3) is 0.846. The highest BCUT2D eigenvalue weighted by Gasteiger charge is 2.42. The Morgan fingerprint density at radius 3 is 2.17 bits per heavy atom. The van der Waals surface area contributed by atoms with Crippen LogP contribution in [-0.4, -0.2) is 28.8 Å². The Hall–Kier alpha value is -1.26. The Morgan fingerprint density at radius 1 is 1.28 bits per heavy atom. The van der Waals surface area contributed by atoms with Gasteiger partial charge in [-0.25, -0.2) is 9.59 Å². The number of aliphatic carboxylic acids is 1. The number of carboxylic acid groups (broad SMARTS) is 1. The van der Waals surface area contributed by atoms with Crippen LogP contribution in [0.15, 0.2) is 0 Å². The first-order valence-corrected chi connectivity index (χ1v) is 6.36. The van der Waals surface area contributed by atoms with Gasteiger partial charge in [0.05, 0.1) is 0 Å². The van der Waals surface area contributed by atoms with Gasteiger partial charge in [0, 0.05) is 0 Å². The van der Waals surface area contributed by atoms with E-state index in [-0.39, 0.29) is 5.41 Å². The summed E-state index contributed by atoms with van der Waals surface area (Å²) in [5.41, 5.74) is -0.994. The average Bonchev–Trinajstić information content (AvgIpc) is 2.59. The van der Waals surface area contributed by atoms with E-state index in [0.29, 0.717) is 0 Å². The minimum atomic E-state index is -0.995. The van der Waals surface area contributed by atoms with Crippen LogP contribution in [0.3, 0.4) is 0 Å². The van der Waals surface area contributed by atoms with Crippen LogP contribution in [0, 0.1) is 5.41 Å². The van der Waals surface area contributed by atoms with E-state index in [2.05, 4.69) is 5.32 Å². The van der Waals surface area contributed by atoms with Crippen LogP contribution in [0.2, 0.25) is 0 Å². The van der Waals surface area contributed by atoms with Gasteiger partial charge in [-0.1, -0.05) is 19.8 Å². The largest absolute Gasteiger partial charge is 0.480 e. The molecule has 0 aromatic carbocycles. The van der Waals surface area contributed by atoms with Crippen molar-refractivity contribution in [2.24, 2.45) is 5.41 Å². The van der Waals surface area contributed by atoms with Crippen LogP contribution in [0.25, 0.3) is 0 Å². The molecule has 0 unspecified atom stereocenters. The molecule has 1 amide bonds. The van der Waals surface area contributed by atoms with Crippen molar-refractivity contribution in [1.82, 2.24) is 5.32 Å². The molecule has 0 saturated heterocycles. The molecule has 0 heterocycles. The Morgan fingerprint density at radius 2 is 1.78 bits per heavy atom. The van der Waals surface area contributed by atoms with Crippen molar-refractivity contribution < 1.29 is 19.4 Å². The fourth-order valence-corrected chi connectivity index (χ4v) is 2.43. The topological polar surface area (TPSA) is 75.6 Å². The van der Waals surface area contributed by atoms with Crippen LogP contribution in [0.5, 0.6) is 0 Å². The van der Waals surface area contributed by atoms with E-state index in [4.69, 9.17) is 4.74 Å². The second-order valence-electron chi connectivity index (χ2n) is 6.28. The molecule has 1 atom stereocenters. The molecule has 0 bridgehead atoms. The van der Waals surface area contributed by atoms with E-state index in [1.54, 1.807) is 20.8 Å². The molecule has 0 aromatic rings. The standard InChI is InChI=1S/C13H23NO4/c1-12(2,3)18-11(17)14-9(10(15)16)13(4)7-5-6-8-13/h9H,5-8H2,1-4H3,(H,14,17)(H,15,16)/t9-/m1/s1. The highest BCUT2D eigenvalue weighted by Crippen LogP contribution is 2.40. The summed E-state index contributed by atoms with van der Waals surface area (Å²) in [6.07, 6.45) is 2.99. The molecule has 18 heavy (non-hydrogen) atoms. The molecule has 1 rings (SSSR count). The minimum absolute atomic E-state index is 0.372. The molecule has 0 aliphatic heterocycles. The summed E-state index contributed by atoms with van der Waals surface area (Å²) < 4.78 is 5.11. The smallest absolute Gasteiger partial charge is 0.408 e. The maximum atomic E-state index is 11.7. The lowest BCUT2D eigenvalue weighted by molar-refractivity contribution is -0.142. The number of hydrogen-bond donors (Lipinski definition) is 2. The average molecular weight is 257 g/mol. The number of carboxylic acids is 1.